The van der Waals surface area contributed by atoms with Crippen molar-refractivity contribution in [2.75, 3.05) is 23.7 Å². The van der Waals surface area contributed by atoms with Gasteiger partial charge in [0.15, 0.2) is 0 Å². The van der Waals surface area contributed by atoms with E-state index in [0.29, 0.717) is 70.1 Å². The zero-order valence-electron chi connectivity index (χ0n) is 24.9. The predicted molar refractivity (Wildman–Crippen MR) is 187 cm³/mol. The third-order valence-electron chi connectivity index (χ3n) is 7.08. The Labute approximate surface area is 277 Å². The van der Waals surface area contributed by atoms with Crippen LogP contribution in [0.3, 0.4) is 0 Å². The summed E-state index contributed by atoms with van der Waals surface area (Å²) in [5, 5.41) is 5.82. The molecule has 0 unspecified atom stereocenters. The Morgan fingerprint density at radius 3 is 1.45 bits per heavy atom. The van der Waals surface area contributed by atoms with Crippen LogP contribution in [-0.4, -0.2) is 55.2 Å². The smallest absolute Gasteiger partial charge is 0.267 e. The highest BCUT2D eigenvalue weighted by Crippen LogP contribution is 2.42. The fraction of sp³-hybridized carbons (Fsp3) is 0.375. The van der Waals surface area contributed by atoms with Gasteiger partial charge in [0.05, 0.1) is 9.81 Å². The van der Waals surface area contributed by atoms with Crippen LogP contribution in [0.2, 0.25) is 0 Å². The normalized spacial score (nSPS) is 16.7. The number of unbranched alkanes of at least 4 members (excludes halogenated alkanes) is 4. The zero-order valence-corrected chi connectivity index (χ0v) is 28.1. The number of aryl methyl sites for hydroxylation is 2. The lowest BCUT2D eigenvalue weighted by Crippen LogP contribution is -2.31. The van der Waals surface area contributed by atoms with Gasteiger partial charge in [-0.05, 0) is 74.9 Å². The molecule has 2 aromatic carbocycles. The van der Waals surface area contributed by atoms with Crippen LogP contribution in [0, 0.1) is 13.8 Å². The summed E-state index contributed by atoms with van der Waals surface area (Å²) in [5.74, 6) is -0.603. The zero-order chi connectivity index (χ0) is 31.6. The molecular formula is C32H36N4O4S4. The molecule has 0 radical (unpaired) electrons. The number of carbonyl (C=O) groups excluding carboxylic acids is 4. The lowest BCUT2D eigenvalue weighted by Gasteiger charge is -2.14. The summed E-state index contributed by atoms with van der Waals surface area (Å²) in [4.78, 5) is 54.7. The van der Waals surface area contributed by atoms with Gasteiger partial charge in [-0.3, -0.25) is 29.0 Å². The molecule has 2 N–H and O–H groups in total. The van der Waals surface area contributed by atoms with Crippen molar-refractivity contribution in [3.8, 4) is 0 Å². The van der Waals surface area contributed by atoms with E-state index >= 15 is 0 Å². The monoisotopic (exact) mass is 668 g/mol. The molecule has 2 aromatic rings. The van der Waals surface area contributed by atoms with Gasteiger partial charge in [0.25, 0.3) is 11.8 Å². The van der Waals surface area contributed by atoms with Crippen LogP contribution in [0.4, 0.5) is 11.4 Å². The quantitative estimate of drug-likeness (QED) is 0.127. The van der Waals surface area contributed by atoms with Gasteiger partial charge in [-0.1, -0.05) is 85.1 Å². The number of benzene rings is 2. The first-order chi connectivity index (χ1) is 21.1. The number of thioether (sulfide) groups is 2. The van der Waals surface area contributed by atoms with E-state index in [1.807, 2.05) is 62.4 Å². The largest absolute Gasteiger partial charge is 0.326 e. The second kappa shape index (κ2) is 16.3. The van der Waals surface area contributed by atoms with E-state index in [4.69, 9.17) is 24.4 Å². The minimum atomic E-state index is -0.266. The maximum absolute atomic E-state index is 13.2. The molecule has 12 heteroatoms. The van der Waals surface area contributed by atoms with Crippen LogP contribution < -0.4 is 10.6 Å². The third-order valence-corrected chi connectivity index (χ3v) is 10.1. The molecule has 4 rings (SSSR count). The van der Waals surface area contributed by atoms with Gasteiger partial charge in [0.1, 0.15) is 8.64 Å². The molecule has 2 heterocycles. The number of thiocarbonyl (C=S) groups is 2. The molecule has 0 aliphatic carbocycles. The van der Waals surface area contributed by atoms with Gasteiger partial charge < -0.3 is 10.6 Å². The Hall–Kier alpha value is -3.06. The second-order valence-electron chi connectivity index (χ2n) is 10.8. The summed E-state index contributed by atoms with van der Waals surface area (Å²) >= 11 is 13.2. The summed E-state index contributed by atoms with van der Waals surface area (Å²) in [6.07, 6.45) is 5.12. The van der Waals surface area contributed by atoms with Gasteiger partial charge in [-0.2, -0.15) is 0 Å². The van der Waals surface area contributed by atoms with E-state index in [1.54, 1.807) is 0 Å². The van der Waals surface area contributed by atoms with Crippen LogP contribution >= 0.6 is 48.0 Å². The highest BCUT2D eigenvalue weighted by Gasteiger charge is 2.41. The first kappa shape index (κ1) is 33.8. The Morgan fingerprint density at radius 1 is 0.659 bits per heavy atom. The van der Waals surface area contributed by atoms with Crippen molar-refractivity contribution < 1.29 is 19.2 Å². The van der Waals surface area contributed by atoms with Gasteiger partial charge in [-0.25, -0.2) is 0 Å². The predicted octanol–water partition coefficient (Wildman–Crippen LogP) is 6.93. The van der Waals surface area contributed by atoms with Gasteiger partial charge >= 0.3 is 0 Å². The Morgan fingerprint density at radius 2 is 1.07 bits per heavy atom. The first-order valence-corrected chi connectivity index (χ1v) is 17.1. The molecule has 2 saturated heterocycles. The first-order valence-electron chi connectivity index (χ1n) is 14.7. The third kappa shape index (κ3) is 9.47. The highest BCUT2D eigenvalue weighted by atomic mass is 32.2. The number of carbonyl (C=O) groups is 4. The molecule has 0 aromatic heterocycles. The number of anilines is 2. The molecule has 8 nitrogen and oxygen atoms in total. The topological polar surface area (TPSA) is 98.8 Å². The van der Waals surface area contributed by atoms with Crippen molar-refractivity contribution in [2.24, 2.45) is 0 Å². The fourth-order valence-corrected chi connectivity index (χ4v) is 7.58. The lowest BCUT2D eigenvalue weighted by molar-refractivity contribution is -0.124. The van der Waals surface area contributed by atoms with E-state index in [1.165, 1.54) is 9.80 Å². The Bertz CT molecular complexity index is 1380. The van der Waals surface area contributed by atoms with Gasteiger partial charge in [0.2, 0.25) is 11.8 Å². The number of hydrogen-bond acceptors (Lipinski definition) is 8. The molecule has 44 heavy (non-hydrogen) atoms. The van der Waals surface area contributed by atoms with Crippen molar-refractivity contribution in [3.63, 3.8) is 0 Å². The lowest BCUT2D eigenvalue weighted by atomic mass is 10.1. The van der Waals surface area contributed by atoms with Crippen molar-refractivity contribution in [2.45, 2.75) is 65.2 Å². The van der Waals surface area contributed by atoms with Gasteiger partial charge in [0, 0.05) is 37.3 Å². The highest BCUT2D eigenvalue weighted by molar-refractivity contribution is 8.29. The van der Waals surface area contributed by atoms with E-state index in [2.05, 4.69) is 10.6 Å². The summed E-state index contributed by atoms with van der Waals surface area (Å²) in [6.45, 7) is 4.83. The van der Waals surface area contributed by atoms with Crippen molar-refractivity contribution in [1.82, 2.24) is 9.80 Å². The average Bonchev–Trinajstić information content (AvgIpc) is 3.41. The molecule has 0 spiro atoms. The molecule has 2 aliphatic rings. The van der Waals surface area contributed by atoms with Crippen LogP contribution in [0.25, 0.3) is 0 Å². The summed E-state index contributed by atoms with van der Waals surface area (Å²) < 4.78 is 0.854. The average molecular weight is 669 g/mol. The number of nitrogens with zero attached hydrogens (tertiary/aromatic N) is 2. The molecule has 0 saturated carbocycles. The van der Waals surface area contributed by atoms with Crippen molar-refractivity contribution in [3.05, 3.63) is 69.5 Å². The van der Waals surface area contributed by atoms with Gasteiger partial charge in [-0.15, -0.1) is 0 Å². The van der Waals surface area contributed by atoms with Crippen LogP contribution in [0.1, 0.15) is 62.5 Å². The van der Waals surface area contributed by atoms with Crippen LogP contribution in [0.5, 0.6) is 0 Å². The molecule has 4 amide bonds. The molecular weight excluding hydrogens is 633 g/mol. The maximum Gasteiger partial charge on any atom is 0.267 e. The van der Waals surface area contributed by atoms with Crippen molar-refractivity contribution >= 4 is 91.6 Å². The van der Waals surface area contributed by atoms with E-state index in [9.17, 15) is 19.2 Å². The molecule has 232 valence electrons. The molecule has 0 bridgehead atoms. The minimum absolute atomic E-state index is 0.0353. The Balaban J connectivity index is 1.17. The van der Waals surface area contributed by atoms with Crippen molar-refractivity contribution in [1.29, 1.82) is 0 Å². The number of rotatable bonds is 14. The number of nitrogens with one attached hydrogen (secondary N) is 2. The van der Waals surface area contributed by atoms with E-state index in [-0.39, 0.29) is 23.6 Å². The standard InChI is InChI=1S/C32H36N4O4S4/c1-21-11-9-13-23(19-21)33-25(37)15-5-3-7-17-35-29(39)27(43-31(35)41)28-30(40)36(32(42)44-28)18-8-4-6-16-26(38)34-24-14-10-12-22(2)20-24/h9-14,19-20H,3-8,15-18H2,1-2H3,(H,33,37)(H,34,38). The van der Waals surface area contributed by atoms with Crippen LogP contribution in [-0.2, 0) is 19.2 Å². The SMILES string of the molecule is Cc1cccc(NC(=O)CCCCCN2C(=O)C(=C3SC(=S)N(CCCCCC(=O)Nc4cccc(C)c4)C3=O)SC2=S)c1. The Kier molecular flexibility index (Phi) is 12.5. The maximum atomic E-state index is 13.2. The number of hydrogen-bond donors (Lipinski definition) is 2. The fourth-order valence-electron chi connectivity index (χ4n) is 4.81. The molecule has 2 aliphatic heterocycles. The second-order valence-corrected chi connectivity index (χ2v) is 14.1. The minimum Gasteiger partial charge on any atom is -0.326 e. The summed E-state index contributed by atoms with van der Waals surface area (Å²) in [5.41, 5.74) is 3.75. The van der Waals surface area contributed by atoms with E-state index in [0.717, 1.165) is 58.9 Å². The number of amides is 4. The molecule has 0 atom stereocenters. The molecule has 2 fully saturated rings. The van der Waals surface area contributed by atoms with E-state index < -0.39 is 0 Å². The summed E-state index contributed by atoms with van der Waals surface area (Å²) in [7, 11) is 0. The van der Waals surface area contributed by atoms with Crippen LogP contribution in [0.15, 0.2) is 58.3 Å². The summed E-state index contributed by atoms with van der Waals surface area (Å²) in [6, 6.07) is 15.4.